The largest absolute Gasteiger partial charge is 0.349 e. The van der Waals surface area contributed by atoms with Crippen LogP contribution < -0.4 is 0 Å². The Bertz CT molecular complexity index is 528. The molecule has 0 bridgehead atoms. The number of Topliss-reactive ketones (excluding diaryl/α,β-unsaturated/α-hetero) is 1. The molecular formula is C15H17BrCl2O3. The van der Waals surface area contributed by atoms with E-state index in [4.69, 9.17) is 32.7 Å². The average Bonchev–Trinajstić information content (AvgIpc) is 2.95. The van der Waals surface area contributed by atoms with Crippen LogP contribution in [-0.2, 0) is 20.7 Å². The molecule has 0 aliphatic carbocycles. The van der Waals surface area contributed by atoms with Crippen molar-refractivity contribution in [2.24, 2.45) is 5.41 Å². The van der Waals surface area contributed by atoms with Crippen molar-refractivity contribution in [3.05, 3.63) is 33.8 Å². The number of ketones is 1. The van der Waals surface area contributed by atoms with Crippen molar-refractivity contribution in [2.45, 2.75) is 31.4 Å². The highest BCUT2D eigenvalue weighted by atomic mass is 79.9. The Morgan fingerprint density at radius 1 is 1.38 bits per heavy atom. The summed E-state index contributed by atoms with van der Waals surface area (Å²) < 4.78 is 10.9. The summed E-state index contributed by atoms with van der Waals surface area (Å²) in [7, 11) is 0. The summed E-state index contributed by atoms with van der Waals surface area (Å²) in [4.78, 5) is 12.3. The number of carbonyl (C=O) groups is 1. The SMILES string of the molecule is CC(C)(C(=O)C(Br)Cc1ccc(Cl)cc1Cl)C1OCCO1. The van der Waals surface area contributed by atoms with E-state index < -0.39 is 11.7 Å². The van der Waals surface area contributed by atoms with Crippen molar-refractivity contribution in [1.29, 1.82) is 0 Å². The third kappa shape index (κ3) is 3.99. The lowest BCUT2D eigenvalue weighted by Gasteiger charge is -2.30. The molecule has 1 atom stereocenters. The number of hydrogen-bond acceptors (Lipinski definition) is 3. The van der Waals surface area contributed by atoms with E-state index in [2.05, 4.69) is 15.9 Å². The molecule has 0 saturated carbocycles. The maximum Gasteiger partial charge on any atom is 0.169 e. The molecule has 21 heavy (non-hydrogen) atoms. The monoisotopic (exact) mass is 394 g/mol. The van der Waals surface area contributed by atoms with E-state index in [0.717, 1.165) is 5.56 Å². The quantitative estimate of drug-likeness (QED) is 0.698. The van der Waals surface area contributed by atoms with Gasteiger partial charge in [0.15, 0.2) is 12.1 Å². The molecule has 0 amide bonds. The van der Waals surface area contributed by atoms with E-state index in [-0.39, 0.29) is 10.6 Å². The first-order valence-corrected chi connectivity index (χ1v) is 8.35. The molecule has 6 heteroatoms. The molecule has 3 nitrogen and oxygen atoms in total. The van der Waals surface area contributed by atoms with Crippen LogP contribution in [0.15, 0.2) is 18.2 Å². The van der Waals surface area contributed by atoms with Crippen LogP contribution in [0, 0.1) is 5.41 Å². The standard InChI is InChI=1S/C15H17BrCl2O3/c1-15(2,14-20-5-6-21-14)13(19)11(16)7-9-3-4-10(17)8-12(9)18/h3-4,8,11,14H,5-7H2,1-2H3. The van der Waals surface area contributed by atoms with Crippen LogP contribution in [0.5, 0.6) is 0 Å². The highest BCUT2D eigenvalue weighted by Crippen LogP contribution is 2.33. The van der Waals surface area contributed by atoms with Crippen LogP contribution in [0.2, 0.25) is 10.0 Å². The lowest BCUT2D eigenvalue weighted by Crippen LogP contribution is -2.42. The average molecular weight is 396 g/mol. The summed E-state index contributed by atoms with van der Waals surface area (Å²) in [5.41, 5.74) is 0.157. The molecule has 1 aliphatic rings. The summed E-state index contributed by atoms with van der Waals surface area (Å²) in [6.45, 7) is 4.72. The molecule has 116 valence electrons. The van der Waals surface area contributed by atoms with Gasteiger partial charge in [0.2, 0.25) is 0 Å². The molecule has 1 aliphatic heterocycles. The van der Waals surface area contributed by atoms with Gasteiger partial charge in [-0.15, -0.1) is 0 Å². The summed E-state index contributed by atoms with van der Waals surface area (Å²) in [6, 6.07) is 5.28. The third-order valence-corrected chi connectivity index (χ3v) is 4.87. The van der Waals surface area contributed by atoms with E-state index in [0.29, 0.717) is 29.7 Å². The minimum Gasteiger partial charge on any atom is -0.349 e. The number of rotatable bonds is 5. The van der Waals surface area contributed by atoms with Gasteiger partial charge in [0.05, 0.1) is 23.5 Å². The second-order valence-electron chi connectivity index (χ2n) is 5.57. The molecule has 0 N–H and O–H groups in total. The van der Waals surface area contributed by atoms with E-state index in [1.807, 2.05) is 19.9 Å². The number of hydrogen-bond donors (Lipinski definition) is 0. The van der Waals surface area contributed by atoms with Crippen molar-refractivity contribution >= 4 is 44.9 Å². The maximum absolute atomic E-state index is 12.7. The molecule has 1 aromatic rings. The zero-order valence-electron chi connectivity index (χ0n) is 11.9. The topological polar surface area (TPSA) is 35.5 Å². The van der Waals surface area contributed by atoms with Crippen molar-refractivity contribution in [1.82, 2.24) is 0 Å². The fourth-order valence-corrected chi connectivity index (χ4v) is 3.69. The van der Waals surface area contributed by atoms with Gasteiger partial charge >= 0.3 is 0 Å². The van der Waals surface area contributed by atoms with Crippen molar-refractivity contribution in [2.75, 3.05) is 13.2 Å². The first-order valence-electron chi connectivity index (χ1n) is 6.68. The molecule has 0 aromatic heterocycles. The summed E-state index contributed by atoms with van der Waals surface area (Å²) in [5, 5.41) is 1.14. The Balaban J connectivity index is 2.08. The second kappa shape index (κ2) is 6.97. The summed E-state index contributed by atoms with van der Waals surface area (Å²) in [6.07, 6.45) is -0.00363. The summed E-state index contributed by atoms with van der Waals surface area (Å²) >= 11 is 15.5. The zero-order chi connectivity index (χ0) is 15.6. The van der Waals surface area contributed by atoms with Crippen molar-refractivity contribution in [3.63, 3.8) is 0 Å². The van der Waals surface area contributed by atoms with Gasteiger partial charge in [0.1, 0.15) is 0 Å². The van der Waals surface area contributed by atoms with E-state index >= 15 is 0 Å². The Kier molecular flexibility index (Phi) is 5.71. The van der Waals surface area contributed by atoms with Crippen LogP contribution in [0.25, 0.3) is 0 Å². The van der Waals surface area contributed by atoms with Gasteiger partial charge in [-0.25, -0.2) is 0 Å². The highest BCUT2D eigenvalue weighted by Gasteiger charge is 2.43. The number of alkyl halides is 1. The van der Waals surface area contributed by atoms with Crippen molar-refractivity contribution in [3.8, 4) is 0 Å². The minimum absolute atomic E-state index is 0.0282. The number of ether oxygens (including phenoxy) is 2. The molecule has 1 aromatic carbocycles. The number of halogens is 3. The summed E-state index contributed by atoms with van der Waals surface area (Å²) in [5.74, 6) is 0.0282. The predicted molar refractivity (Wildman–Crippen MR) is 87.4 cm³/mol. The number of carbonyl (C=O) groups excluding carboxylic acids is 1. The van der Waals surface area contributed by atoms with Gasteiger partial charge in [-0.3, -0.25) is 4.79 Å². The Morgan fingerprint density at radius 3 is 2.57 bits per heavy atom. The third-order valence-electron chi connectivity index (χ3n) is 3.54. The fraction of sp³-hybridized carbons (Fsp3) is 0.533. The first kappa shape index (κ1) is 17.2. The second-order valence-corrected chi connectivity index (χ2v) is 7.52. The van der Waals surface area contributed by atoms with E-state index in [1.54, 1.807) is 12.1 Å². The van der Waals surface area contributed by atoms with Gasteiger partial charge in [0.25, 0.3) is 0 Å². The van der Waals surface area contributed by atoms with Crippen LogP contribution in [0.3, 0.4) is 0 Å². The van der Waals surface area contributed by atoms with E-state index in [9.17, 15) is 4.79 Å². The molecule has 1 saturated heterocycles. The Labute approximate surface area is 143 Å². The normalized spacial score (nSPS) is 18.0. The molecular weight excluding hydrogens is 379 g/mol. The Morgan fingerprint density at radius 2 is 2.00 bits per heavy atom. The first-order chi connectivity index (χ1) is 9.82. The maximum atomic E-state index is 12.7. The lowest BCUT2D eigenvalue weighted by molar-refractivity contribution is -0.154. The zero-order valence-corrected chi connectivity index (χ0v) is 15.0. The molecule has 2 rings (SSSR count). The molecule has 1 heterocycles. The van der Waals surface area contributed by atoms with Crippen molar-refractivity contribution < 1.29 is 14.3 Å². The molecule has 1 unspecified atom stereocenters. The van der Waals surface area contributed by atoms with Crippen LogP contribution in [-0.4, -0.2) is 30.1 Å². The van der Waals surface area contributed by atoms with Gasteiger partial charge in [-0.2, -0.15) is 0 Å². The van der Waals surface area contributed by atoms with Gasteiger partial charge in [-0.1, -0.05) is 45.2 Å². The fourth-order valence-electron chi connectivity index (χ4n) is 2.27. The van der Waals surface area contributed by atoms with E-state index in [1.165, 1.54) is 0 Å². The molecule has 1 fully saturated rings. The molecule has 0 radical (unpaired) electrons. The lowest BCUT2D eigenvalue weighted by atomic mass is 9.84. The number of benzene rings is 1. The predicted octanol–water partition coefficient (Wildman–Crippen LogP) is 4.27. The molecule has 0 spiro atoms. The van der Waals surface area contributed by atoms with Gasteiger partial charge < -0.3 is 9.47 Å². The van der Waals surface area contributed by atoms with Gasteiger partial charge in [-0.05, 0) is 38.0 Å². The minimum atomic E-state index is -0.719. The smallest absolute Gasteiger partial charge is 0.169 e. The van der Waals surface area contributed by atoms with Crippen LogP contribution >= 0.6 is 39.1 Å². The van der Waals surface area contributed by atoms with Gasteiger partial charge in [0, 0.05) is 10.0 Å². The Hall–Kier alpha value is -0.130. The van der Waals surface area contributed by atoms with Crippen LogP contribution in [0.4, 0.5) is 0 Å². The highest BCUT2D eigenvalue weighted by molar-refractivity contribution is 9.10. The van der Waals surface area contributed by atoms with Crippen LogP contribution in [0.1, 0.15) is 19.4 Å².